The van der Waals surface area contributed by atoms with Crippen molar-refractivity contribution in [1.29, 1.82) is 0 Å². The Kier molecular flexibility index (Phi) is 5.80. The highest BCUT2D eigenvalue weighted by molar-refractivity contribution is 5.51. The van der Waals surface area contributed by atoms with Crippen LogP contribution in [0.1, 0.15) is 31.7 Å². The summed E-state index contributed by atoms with van der Waals surface area (Å²) in [6.45, 7) is 6.43. The molecule has 0 bridgehead atoms. The second-order valence-electron chi connectivity index (χ2n) is 5.95. The molecule has 1 aliphatic carbocycles. The summed E-state index contributed by atoms with van der Waals surface area (Å²) in [7, 11) is 4.26. The van der Waals surface area contributed by atoms with E-state index in [-0.39, 0.29) is 0 Å². The standard InChI is InChI=1S/C16H28N4/c1-4-9-20(11-10-19(2)3)16-13-17-8-7-14(16)12-18-15-5-6-15/h7-8,13,15,18H,4-6,9-12H2,1-3H3. The monoisotopic (exact) mass is 276 g/mol. The molecule has 0 aliphatic heterocycles. The van der Waals surface area contributed by atoms with E-state index in [1.54, 1.807) is 0 Å². The maximum Gasteiger partial charge on any atom is 0.0598 e. The van der Waals surface area contributed by atoms with Crippen molar-refractivity contribution in [3.8, 4) is 0 Å². The van der Waals surface area contributed by atoms with Gasteiger partial charge in [0.2, 0.25) is 0 Å². The Morgan fingerprint density at radius 3 is 2.70 bits per heavy atom. The van der Waals surface area contributed by atoms with Crippen LogP contribution in [0.3, 0.4) is 0 Å². The summed E-state index contributed by atoms with van der Waals surface area (Å²) in [6, 6.07) is 2.90. The highest BCUT2D eigenvalue weighted by Gasteiger charge is 2.21. The fourth-order valence-corrected chi connectivity index (χ4v) is 2.33. The zero-order valence-electron chi connectivity index (χ0n) is 13.1. The second kappa shape index (κ2) is 7.60. The van der Waals surface area contributed by atoms with Gasteiger partial charge in [0.15, 0.2) is 0 Å². The molecular weight excluding hydrogens is 248 g/mol. The fourth-order valence-electron chi connectivity index (χ4n) is 2.33. The van der Waals surface area contributed by atoms with Crippen LogP contribution in [0.5, 0.6) is 0 Å². The number of nitrogens with zero attached hydrogens (tertiary/aromatic N) is 3. The Hall–Kier alpha value is -1.13. The lowest BCUT2D eigenvalue weighted by Crippen LogP contribution is -2.33. The molecule has 0 unspecified atom stereocenters. The molecule has 0 spiro atoms. The molecule has 0 atom stereocenters. The van der Waals surface area contributed by atoms with E-state index in [0.29, 0.717) is 0 Å². The number of nitrogens with one attached hydrogen (secondary N) is 1. The minimum atomic E-state index is 0.748. The summed E-state index contributed by atoms with van der Waals surface area (Å²) >= 11 is 0. The lowest BCUT2D eigenvalue weighted by atomic mass is 10.2. The van der Waals surface area contributed by atoms with Gasteiger partial charge in [0.05, 0.1) is 11.9 Å². The normalized spacial score (nSPS) is 14.8. The van der Waals surface area contributed by atoms with Crippen molar-refractivity contribution in [2.24, 2.45) is 0 Å². The Balaban J connectivity index is 2.04. The van der Waals surface area contributed by atoms with Gasteiger partial charge < -0.3 is 15.1 Å². The number of hydrogen-bond acceptors (Lipinski definition) is 4. The van der Waals surface area contributed by atoms with Crippen LogP contribution in [0, 0.1) is 0 Å². The van der Waals surface area contributed by atoms with Crippen molar-refractivity contribution in [3.63, 3.8) is 0 Å². The van der Waals surface area contributed by atoms with Crippen LogP contribution >= 0.6 is 0 Å². The van der Waals surface area contributed by atoms with Crippen molar-refractivity contribution >= 4 is 5.69 Å². The van der Waals surface area contributed by atoms with Crippen LogP contribution in [0.15, 0.2) is 18.5 Å². The third kappa shape index (κ3) is 4.76. The third-order valence-electron chi connectivity index (χ3n) is 3.70. The minimum absolute atomic E-state index is 0.748. The second-order valence-corrected chi connectivity index (χ2v) is 5.95. The molecule has 0 saturated heterocycles. The number of rotatable bonds is 9. The summed E-state index contributed by atoms with van der Waals surface area (Å²) in [5.74, 6) is 0. The van der Waals surface area contributed by atoms with E-state index in [1.165, 1.54) is 24.1 Å². The first-order chi connectivity index (χ1) is 9.70. The van der Waals surface area contributed by atoms with E-state index >= 15 is 0 Å². The van der Waals surface area contributed by atoms with Gasteiger partial charge in [-0.3, -0.25) is 4.98 Å². The van der Waals surface area contributed by atoms with Gasteiger partial charge in [0.1, 0.15) is 0 Å². The van der Waals surface area contributed by atoms with Gasteiger partial charge in [-0.05, 0) is 45.0 Å². The van der Waals surface area contributed by atoms with Crippen molar-refractivity contribution in [3.05, 3.63) is 24.0 Å². The zero-order valence-corrected chi connectivity index (χ0v) is 13.1. The van der Waals surface area contributed by atoms with Crippen LogP contribution in [0.4, 0.5) is 5.69 Å². The van der Waals surface area contributed by atoms with Crippen molar-refractivity contribution in [2.75, 3.05) is 38.6 Å². The molecule has 4 heteroatoms. The van der Waals surface area contributed by atoms with Gasteiger partial charge in [-0.1, -0.05) is 6.92 Å². The quantitative estimate of drug-likeness (QED) is 0.748. The van der Waals surface area contributed by atoms with Crippen molar-refractivity contribution < 1.29 is 0 Å². The summed E-state index contributed by atoms with van der Waals surface area (Å²) < 4.78 is 0. The molecule has 4 nitrogen and oxygen atoms in total. The van der Waals surface area contributed by atoms with Crippen LogP contribution in [-0.4, -0.2) is 49.7 Å². The van der Waals surface area contributed by atoms with Crippen molar-refractivity contribution in [2.45, 2.75) is 38.8 Å². The van der Waals surface area contributed by atoms with Crippen LogP contribution < -0.4 is 10.2 Å². The molecular formula is C16H28N4. The van der Waals surface area contributed by atoms with E-state index < -0.39 is 0 Å². The van der Waals surface area contributed by atoms with Gasteiger partial charge in [-0.25, -0.2) is 0 Å². The van der Waals surface area contributed by atoms with Crippen LogP contribution in [0.2, 0.25) is 0 Å². The summed E-state index contributed by atoms with van der Waals surface area (Å²) in [4.78, 5) is 9.04. The van der Waals surface area contributed by atoms with Gasteiger partial charge in [-0.2, -0.15) is 0 Å². The summed E-state index contributed by atoms with van der Waals surface area (Å²) in [5.41, 5.74) is 2.67. The number of anilines is 1. The van der Waals surface area contributed by atoms with Crippen molar-refractivity contribution in [1.82, 2.24) is 15.2 Å². The Bertz CT molecular complexity index is 401. The first kappa shape index (κ1) is 15.3. The van der Waals surface area contributed by atoms with E-state index in [0.717, 1.165) is 38.6 Å². The van der Waals surface area contributed by atoms with Gasteiger partial charge in [0, 0.05) is 38.4 Å². The molecule has 1 fully saturated rings. The van der Waals surface area contributed by atoms with Crippen LogP contribution in [-0.2, 0) is 6.54 Å². The molecule has 1 saturated carbocycles. The van der Waals surface area contributed by atoms with E-state index in [1.807, 2.05) is 12.4 Å². The molecule has 2 rings (SSSR count). The number of aromatic nitrogens is 1. The molecule has 1 aromatic heterocycles. The number of pyridine rings is 1. The summed E-state index contributed by atoms with van der Waals surface area (Å²) in [6.07, 6.45) is 7.76. The first-order valence-electron chi connectivity index (χ1n) is 7.76. The average Bonchev–Trinajstić information content (AvgIpc) is 3.25. The Morgan fingerprint density at radius 1 is 1.25 bits per heavy atom. The maximum atomic E-state index is 4.34. The predicted octanol–water partition coefficient (Wildman–Crippen LogP) is 2.11. The average molecular weight is 276 g/mol. The molecule has 1 aromatic rings. The Morgan fingerprint density at radius 2 is 2.05 bits per heavy atom. The SMILES string of the molecule is CCCN(CCN(C)C)c1cnccc1CNC1CC1. The predicted molar refractivity (Wildman–Crippen MR) is 85.2 cm³/mol. The lowest BCUT2D eigenvalue weighted by molar-refractivity contribution is 0.412. The smallest absolute Gasteiger partial charge is 0.0598 e. The zero-order chi connectivity index (χ0) is 14.4. The summed E-state index contributed by atoms with van der Waals surface area (Å²) in [5, 5.41) is 3.61. The highest BCUT2D eigenvalue weighted by atomic mass is 15.2. The van der Waals surface area contributed by atoms with E-state index in [4.69, 9.17) is 0 Å². The van der Waals surface area contributed by atoms with Crippen LogP contribution in [0.25, 0.3) is 0 Å². The van der Waals surface area contributed by atoms with Gasteiger partial charge >= 0.3 is 0 Å². The lowest BCUT2D eigenvalue weighted by Gasteiger charge is -2.27. The maximum absolute atomic E-state index is 4.34. The van der Waals surface area contributed by atoms with Gasteiger partial charge in [0.25, 0.3) is 0 Å². The number of likely N-dealkylation sites (N-methyl/N-ethyl adjacent to an activating group) is 1. The highest BCUT2D eigenvalue weighted by Crippen LogP contribution is 2.23. The van der Waals surface area contributed by atoms with Gasteiger partial charge in [-0.15, -0.1) is 0 Å². The molecule has 0 radical (unpaired) electrons. The third-order valence-corrected chi connectivity index (χ3v) is 3.70. The fraction of sp³-hybridized carbons (Fsp3) is 0.688. The molecule has 1 heterocycles. The minimum Gasteiger partial charge on any atom is -0.369 e. The molecule has 0 aromatic carbocycles. The molecule has 0 amide bonds. The first-order valence-corrected chi connectivity index (χ1v) is 7.76. The molecule has 1 aliphatic rings. The Labute approximate surface area is 123 Å². The van der Waals surface area contributed by atoms with E-state index in [2.05, 4.69) is 47.2 Å². The molecule has 1 N–H and O–H groups in total. The largest absolute Gasteiger partial charge is 0.369 e. The molecule has 20 heavy (non-hydrogen) atoms. The topological polar surface area (TPSA) is 31.4 Å². The number of hydrogen-bond donors (Lipinski definition) is 1. The van der Waals surface area contributed by atoms with E-state index in [9.17, 15) is 0 Å². The molecule has 112 valence electrons.